The number of hydrogen-bond acceptors (Lipinski definition) is 4. The van der Waals surface area contributed by atoms with Crippen molar-refractivity contribution in [3.8, 4) is 0 Å². The molecule has 32 heavy (non-hydrogen) atoms. The van der Waals surface area contributed by atoms with Crippen molar-refractivity contribution in [3.63, 3.8) is 0 Å². The summed E-state index contributed by atoms with van der Waals surface area (Å²) in [6.45, 7) is 13.0. The van der Waals surface area contributed by atoms with Crippen LogP contribution in [0.25, 0.3) is 0 Å². The fourth-order valence-corrected chi connectivity index (χ4v) is 3.50. The number of halogens is 1. The summed E-state index contributed by atoms with van der Waals surface area (Å²) in [6, 6.07) is 7.74. The number of nitrogens with one attached hydrogen (secondary N) is 2. The molecule has 0 unspecified atom stereocenters. The first-order valence-electron chi connectivity index (χ1n) is 11.7. The van der Waals surface area contributed by atoms with E-state index in [-0.39, 0.29) is 29.9 Å². The number of carbonyl (C=O) groups excluding carboxylic acids is 1. The second-order valence-corrected chi connectivity index (χ2v) is 7.78. The van der Waals surface area contributed by atoms with E-state index in [4.69, 9.17) is 9.47 Å². The van der Waals surface area contributed by atoms with Gasteiger partial charge >= 0.3 is 0 Å². The van der Waals surface area contributed by atoms with Crippen LogP contribution < -0.4 is 10.6 Å². The highest BCUT2D eigenvalue weighted by Gasteiger charge is 2.13. The number of ether oxygens (including phenoxy) is 2. The molecule has 1 heterocycles. The number of carbonyl (C=O) groups is 1. The highest BCUT2D eigenvalue weighted by molar-refractivity contribution is 14.0. The highest BCUT2D eigenvalue weighted by atomic mass is 127. The Balaban J connectivity index is 0.00000512. The predicted molar refractivity (Wildman–Crippen MR) is 141 cm³/mol. The van der Waals surface area contributed by atoms with Crippen molar-refractivity contribution < 1.29 is 14.3 Å². The van der Waals surface area contributed by atoms with Gasteiger partial charge in [-0.1, -0.05) is 12.1 Å². The van der Waals surface area contributed by atoms with Crippen molar-refractivity contribution in [1.82, 2.24) is 15.5 Å². The van der Waals surface area contributed by atoms with Crippen molar-refractivity contribution in [2.75, 3.05) is 52.6 Å². The van der Waals surface area contributed by atoms with Crippen LogP contribution in [0.1, 0.15) is 56.0 Å². The summed E-state index contributed by atoms with van der Waals surface area (Å²) in [7, 11) is 0. The topological polar surface area (TPSA) is 75.2 Å². The van der Waals surface area contributed by atoms with Gasteiger partial charge in [0.15, 0.2) is 5.96 Å². The molecule has 0 bridgehead atoms. The van der Waals surface area contributed by atoms with Crippen molar-refractivity contribution in [2.45, 2.75) is 46.6 Å². The minimum atomic E-state index is 0. The quantitative estimate of drug-likeness (QED) is 0.177. The molecule has 0 aromatic heterocycles. The molecule has 2 rings (SSSR count). The normalized spacial score (nSPS) is 14.5. The van der Waals surface area contributed by atoms with Crippen LogP contribution in [-0.4, -0.2) is 69.4 Å². The van der Waals surface area contributed by atoms with Crippen LogP contribution in [0.3, 0.4) is 0 Å². The first-order chi connectivity index (χ1) is 15.2. The molecule has 0 atom stereocenters. The lowest BCUT2D eigenvalue weighted by molar-refractivity contribution is 0.0203. The summed E-state index contributed by atoms with van der Waals surface area (Å²) in [4.78, 5) is 18.9. The molecule has 1 aliphatic heterocycles. The molecule has 0 saturated carbocycles. The molecule has 8 heteroatoms. The molecule has 1 saturated heterocycles. The summed E-state index contributed by atoms with van der Waals surface area (Å²) >= 11 is 0. The second-order valence-electron chi connectivity index (χ2n) is 7.78. The van der Waals surface area contributed by atoms with Crippen molar-refractivity contribution >= 4 is 35.8 Å². The van der Waals surface area contributed by atoms with Gasteiger partial charge in [0.2, 0.25) is 0 Å². The molecule has 1 aromatic rings. The average Bonchev–Trinajstić information content (AvgIpc) is 2.81. The third-order valence-electron chi connectivity index (χ3n) is 5.47. The Morgan fingerprint density at radius 1 is 1.12 bits per heavy atom. The third-order valence-corrected chi connectivity index (χ3v) is 5.47. The molecular formula is C24H41IN4O3. The lowest BCUT2D eigenvalue weighted by Crippen LogP contribution is -2.38. The van der Waals surface area contributed by atoms with Crippen LogP contribution in [-0.2, 0) is 16.0 Å². The molecule has 2 N–H and O–H groups in total. The third kappa shape index (κ3) is 10.5. The van der Waals surface area contributed by atoms with Crippen molar-refractivity contribution in [3.05, 3.63) is 35.4 Å². The predicted octanol–water partition coefficient (Wildman–Crippen LogP) is 3.68. The van der Waals surface area contributed by atoms with Crippen LogP contribution in [0.4, 0.5) is 0 Å². The maximum absolute atomic E-state index is 12.4. The Hall–Kier alpha value is -1.39. The van der Waals surface area contributed by atoms with E-state index < -0.39 is 0 Å². The zero-order valence-electron chi connectivity index (χ0n) is 19.9. The fourth-order valence-electron chi connectivity index (χ4n) is 3.50. The zero-order valence-corrected chi connectivity index (χ0v) is 22.2. The van der Waals surface area contributed by atoms with Gasteiger partial charge in [0.05, 0.1) is 6.54 Å². The molecule has 1 amide bonds. The Kier molecular flexibility index (Phi) is 15.3. The van der Waals surface area contributed by atoms with Gasteiger partial charge in [-0.05, 0) is 63.6 Å². The minimum Gasteiger partial charge on any atom is -0.381 e. The summed E-state index contributed by atoms with van der Waals surface area (Å²) in [5, 5.41) is 6.65. The van der Waals surface area contributed by atoms with Crippen molar-refractivity contribution in [2.24, 2.45) is 10.9 Å². The van der Waals surface area contributed by atoms with Gasteiger partial charge in [-0.25, -0.2) is 4.99 Å². The van der Waals surface area contributed by atoms with E-state index >= 15 is 0 Å². The van der Waals surface area contributed by atoms with Gasteiger partial charge in [0.25, 0.3) is 5.91 Å². The molecule has 182 valence electrons. The van der Waals surface area contributed by atoms with Gasteiger partial charge < -0.3 is 25.0 Å². The SMILES string of the molecule is CCNC(=NCc1ccc(C(=O)N(CC)CC)cc1)NCCCOCC1CCOCC1.I. The van der Waals surface area contributed by atoms with Gasteiger partial charge in [-0.3, -0.25) is 4.79 Å². The van der Waals surface area contributed by atoms with E-state index in [1.54, 1.807) is 0 Å². The number of hydrogen-bond donors (Lipinski definition) is 2. The summed E-state index contributed by atoms with van der Waals surface area (Å²) < 4.78 is 11.2. The van der Waals surface area contributed by atoms with Gasteiger partial charge in [-0.15, -0.1) is 24.0 Å². The van der Waals surface area contributed by atoms with Gasteiger partial charge in [0, 0.05) is 58.2 Å². The number of aliphatic imine (C=N–C) groups is 1. The largest absolute Gasteiger partial charge is 0.381 e. The number of rotatable bonds is 12. The lowest BCUT2D eigenvalue weighted by Gasteiger charge is -2.21. The molecular weight excluding hydrogens is 519 g/mol. The van der Waals surface area contributed by atoms with Gasteiger partial charge in [0.1, 0.15) is 0 Å². The Morgan fingerprint density at radius 3 is 2.44 bits per heavy atom. The molecule has 1 fully saturated rings. The monoisotopic (exact) mass is 560 g/mol. The average molecular weight is 561 g/mol. The number of amides is 1. The highest BCUT2D eigenvalue weighted by Crippen LogP contribution is 2.14. The van der Waals surface area contributed by atoms with E-state index in [1.165, 1.54) is 0 Å². The number of guanidine groups is 1. The molecule has 0 spiro atoms. The minimum absolute atomic E-state index is 0. The Morgan fingerprint density at radius 2 is 1.81 bits per heavy atom. The Labute approximate surface area is 210 Å². The van der Waals surface area contributed by atoms with Crippen LogP contribution in [0.5, 0.6) is 0 Å². The summed E-state index contributed by atoms with van der Waals surface area (Å²) in [5.41, 5.74) is 1.80. The van der Waals surface area contributed by atoms with Crippen LogP contribution in [0, 0.1) is 5.92 Å². The smallest absolute Gasteiger partial charge is 0.253 e. The molecule has 0 aliphatic carbocycles. The zero-order chi connectivity index (χ0) is 22.3. The Bertz CT molecular complexity index is 660. The second kappa shape index (κ2) is 17.1. The molecule has 1 aromatic carbocycles. The van der Waals surface area contributed by atoms with E-state index in [0.717, 1.165) is 89.0 Å². The molecule has 7 nitrogen and oxygen atoms in total. The van der Waals surface area contributed by atoms with Crippen LogP contribution in [0.15, 0.2) is 29.3 Å². The molecule has 1 aliphatic rings. The lowest BCUT2D eigenvalue weighted by atomic mass is 10.0. The van der Waals surface area contributed by atoms with E-state index in [0.29, 0.717) is 12.5 Å². The standard InChI is InChI=1S/C24H40N4O3.HI/c1-4-25-24(26-14-7-15-31-19-21-12-16-30-17-13-21)27-18-20-8-10-22(11-9-20)23(29)28(5-2)6-3;/h8-11,21H,4-7,12-19H2,1-3H3,(H2,25,26,27);1H. The van der Waals surface area contributed by atoms with E-state index in [1.807, 2.05) is 43.0 Å². The maximum atomic E-state index is 12.4. The first-order valence-corrected chi connectivity index (χ1v) is 11.7. The number of nitrogens with zero attached hydrogens (tertiary/aromatic N) is 2. The van der Waals surface area contributed by atoms with E-state index in [9.17, 15) is 4.79 Å². The maximum Gasteiger partial charge on any atom is 0.253 e. The molecule has 0 radical (unpaired) electrons. The van der Waals surface area contributed by atoms with Crippen molar-refractivity contribution in [1.29, 1.82) is 0 Å². The first kappa shape index (κ1) is 28.6. The summed E-state index contributed by atoms with van der Waals surface area (Å²) in [6.07, 6.45) is 3.16. The van der Waals surface area contributed by atoms with Crippen LogP contribution >= 0.6 is 24.0 Å². The van der Waals surface area contributed by atoms with Gasteiger partial charge in [-0.2, -0.15) is 0 Å². The number of benzene rings is 1. The van der Waals surface area contributed by atoms with Crippen LogP contribution in [0.2, 0.25) is 0 Å². The fraction of sp³-hybridized carbons (Fsp3) is 0.667. The summed E-state index contributed by atoms with van der Waals surface area (Å²) in [5.74, 6) is 1.53. The van der Waals surface area contributed by atoms with E-state index in [2.05, 4.69) is 22.5 Å².